The number of hydrogen-bond acceptors (Lipinski definition) is 7. The Morgan fingerprint density at radius 1 is 1.32 bits per heavy atom. The van der Waals surface area contributed by atoms with Crippen molar-refractivity contribution in [1.82, 2.24) is 10.2 Å². The third-order valence-corrected chi connectivity index (χ3v) is 5.75. The van der Waals surface area contributed by atoms with Gasteiger partial charge in [0.25, 0.3) is 0 Å². The van der Waals surface area contributed by atoms with Crippen molar-refractivity contribution in [1.29, 1.82) is 0 Å². The van der Waals surface area contributed by atoms with Gasteiger partial charge in [0.15, 0.2) is 4.34 Å². The van der Waals surface area contributed by atoms with E-state index in [4.69, 9.17) is 4.42 Å². The van der Waals surface area contributed by atoms with Gasteiger partial charge in [-0.3, -0.25) is 4.79 Å². The SMILES string of the molecule is CC(Sc1nnc(NCc2ccco2)s1)C(=O)Nc1ccc(Br)cc1. The minimum absolute atomic E-state index is 0.0763. The largest absolute Gasteiger partial charge is 0.467 e. The predicted molar refractivity (Wildman–Crippen MR) is 104 cm³/mol. The Bertz CT molecular complexity index is 821. The van der Waals surface area contributed by atoms with Crippen LogP contribution in [0.5, 0.6) is 0 Å². The average Bonchev–Trinajstić information content (AvgIpc) is 3.26. The first kappa shape index (κ1) is 18.0. The standard InChI is InChI=1S/C16H15BrN4O2S2/c1-10(14(22)19-12-6-4-11(17)5-7-12)24-16-21-20-15(25-16)18-9-13-3-2-8-23-13/h2-8,10H,9H2,1H3,(H,18,20)(H,19,22). The van der Waals surface area contributed by atoms with E-state index in [-0.39, 0.29) is 11.2 Å². The van der Waals surface area contributed by atoms with Gasteiger partial charge >= 0.3 is 0 Å². The molecule has 0 radical (unpaired) electrons. The molecule has 1 unspecified atom stereocenters. The van der Waals surface area contributed by atoms with Gasteiger partial charge in [0.05, 0.1) is 18.1 Å². The fourth-order valence-electron chi connectivity index (χ4n) is 1.89. The second-order valence-corrected chi connectivity index (χ2v) is 8.54. The predicted octanol–water partition coefficient (Wildman–Crippen LogP) is 4.63. The van der Waals surface area contributed by atoms with Crippen molar-refractivity contribution in [2.75, 3.05) is 10.6 Å². The van der Waals surface area contributed by atoms with E-state index in [0.717, 1.165) is 20.3 Å². The Balaban J connectivity index is 1.51. The average molecular weight is 439 g/mol. The number of nitrogens with one attached hydrogen (secondary N) is 2. The summed E-state index contributed by atoms with van der Waals surface area (Å²) in [6, 6.07) is 11.2. The van der Waals surface area contributed by atoms with Crippen LogP contribution in [0.25, 0.3) is 0 Å². The van der Waals surface area contributed by atoms with Crippen LogP contribution in [0, 0.1) is 0 Å². The quantitative estimate of drug-likeness (QED) is 0.523. The fraction of sp³-hybridized carbons (Fsp3) is 0.188. The summed E-state index contributed by atoms with van der Waals surface area (Å²) in [7, 11) is 0. The molecular weight excluding hydrogens is 424 g/mol. The zero-order valence-electron chi connectivity index (χ0n) is 13.2. The highest BCUT2D eigenvalue weighted by molar-refractivity contribution is 9.10. The molecule has 0 aliphatic heterocycles. The minimum Gasteiger partial charge on any atom is -0.467 e. The number of carbonyl (C=O) groups excluding carboxylic acids is 1. The van der Waals surface area contributed by atoms with Crippen molar-refractivity contribution >= 4 is 55.8 Å². The molecule has 3 aromatic rings. The van der Waals surface area contributed by atoms with Crippen LogP contribution in [0.3, 0.4) is 0 Å². The summed E-state index contributed by atoms with van der Waals surface area (Å²) >= 11 is 6.16. The van der Waals surface area contributed by atoms with E-state index in [1.165, 1.54) is 23.1 Å². The van der Waals surface area contributed by atoms with Gasteiger partial charge in [-0.2, -0.15) is 0 Å². The summed E-state index contributed by atoms with van der Waals surface area (Å²) in [5.74, 6) is 0.749. The first-order valence-electron chi connectivity index (χ1n) is 7.43. The van der Waals surface area contributed by atoms with Crippen molar-refractivity contribution < 1.29 is 9.21 Å². The zero-order valence-corrected chi connectivity index (χ0v) is 16.5. The maximum absolute atomic E-state index is 12.3. The summed E-state index contributed by atoms with van der Waals surface area (Å²) < 4.78 is 6.96. The lowest BCUT2D eigenvalue weighted by Gasteiger charge is -2.10. The number of nitrogens with zero attached hydrogens (tertiary/aromatic N) is 2. The molecule has 2 aromatic heterocycles. The van der Waals surface area contributed by atoms with Crippen LogP contribution < -0.4 is 10.6 Å². The molecule has 1 amide bonds. The molecule has 6 nitrogen and oxygen atoms in total. The fourth-order valence-corrected chi connectivity index (χ4v) is 4.04. The van der Waals surface area contributed by atoms with Gasteiger partial charge in [0, 0.05) is 10.2 Å². The normalized spacial score (nSPS) is 11.9. The number of carbonyl (C=O) groups is 1. The summed E-state index contributed by atoms with van der Waals surface area (Å²) in [5.41, 5.74) is 0.763. The Labute approximate surface area is 161 Å². The van der Waals surface area contributed by atoms with Crippen LogP contribution in [0.2, 0.25) is 0 Å². The van der Waals surface area contributed by atoms with Gasteiger partial charge in [0.2, 0.25) is 11.0 Å². The summed E-state index contributed by atoms with van der Waals surface area (Å²) in [5, 5.41) is 14.6. The maximum Gasteiger partial charge on any atom is 0.237 e. The highest BCUT2D eigenvalue weighted by Crippen LogP contribution is 2.29. The Kier molecular flexibility index (Phi) is 6.11. The Morgan fingerprint density at radius 2 is 2.12 bits per heavy atom. The van der Waals surface area contributed by atoms with E-state index in [2.05, 4.69) is 36.8 Å². The summed E-state index contributed by atoms with van der Waals surface area (Å²) in [6.45, 7) is 2.39. The van der Waals surface area contributed by atoms with Crippen molar-refractivity contribution in [2.24, 2.45) is 0 Å². The lowest BCUT2D eigenvalue weighted by Crippen LogP contribution is -2.22. The number of anilines is 2. The van der Waals surface area contributed by atoms with Gasteiger partial charge < -0.3 is 15.1 Å². The Hall–Kier alpha value is -1.84. The summed E-state index contributed by atoms with van der Waals surface area (Å²) in [6.07, 6.45) is 1.63. The van der Waals surface area contributed by atoms with Crippen LogP contribution in [0.4, 0.5) is 10.8 Å². The molecule has 2 heterocycles. The van der Waals surface area contributed by atoms with Gasteiger partial charge in [0.1, 0.15) is 5.76 Å². The van der Waals surface area contributed by atoms with Crippen molar-refractivity contribution in [3.8, 4) is 0 Å². The summed E-state index contributed by atoms with van der Waals surface area (Å²) in [4.78, 5) is 12.3. The van der Waals surface area contributed by atoms with Crippen LogP contribution in [0.1, 0.15) is 12.7 Å². The molecule has 2 N–H and O–H groups in total. The van der Waals surface area contributed by atoms with Crippen LogP contribution in [-0.4, -0.2) is 21.4 Å². The third-order valence-electron chi connectivity index (χ3n) is 3.16. The number of benzene rings is 1. The number of aromatic nitrogens is 2. The molecule has 0 fully saturated rings. The number of rotatable bonds is 7. The number of hydrogen-bond donors (Lipinski definition) is 2. The lowest BCUT2D eigenvalue weighted by atomic mass is 10.3. The molecule has 9 heteroatoms. The molecular formula is C16H15BrN4O2S2. The van der Waals surface area contributed by atoms with E-state index in [0.29, 0.717) is 11.7 Å². The first-order chi connectivity index (χ1) is 12.1. The van der Waals surface area contributed by atoms with Gasteiger partial charge in [-0.1, -0.05) is 39.0 Å². The lowest BCUT2D eigenvalue weighted by molar-refractivity contribution is -0.115. The van der Waals surface area contributed by atoms with Gasteiger partial charge in [-0.15, -0.1) is 10.2 Å². The molecule has 3 rings (SSSR count). The second-order valence-electron chi connectivity index (χ2n) is 5.06. The van der Waals surface area contributed by atoms with Crippen LogP contribution in [0.15, 0.2) is 55.9 Å². The number of furan rings is 1. The number of amides is 1. The second kappa shape index (κ2) is 8.50. The molecule has 0 bridgehead atoms. The van der Waals surface area contributed by atoms with E-state index < -0.39 is 0 Å². The molecule has 1 aromatic carbocycles. The van der Waals surface area contributed by atoms with E-state index in [1.807, 2.05) is 43.3 Å². The highest BCUT2D eigenvalue weighted by atomic mass is 79.9. The van der Waals surface area contributed by atoms with Crippen molar-refractivity contribution in [3.05, 3.63) is 52.9 Å². The smallest absolute Gasteiger partial charge is 0.237 e. The molecule has 0 saturated heterocycles. The van der Waals surface area contributed by atoms with Crippen molar-refractivity contribution in [2.45, 2.75) is 23.1 Å². The minimum atomic E-state index is -0.283. The highest BCUT2D eigenvalue weighted by Gasteiger charge is 2.17. The Morgan fingerprint density at radius 3 is 2.84 bits per heavy atom. The molecule has 0 aliphatic carbocycles. The van der Waals surface area contributed by atoms with Gasteiger partial charge in [-0.25, -0.2) is 0 Å². The molecule has 0 saturated carbocycles. The third kappa shape index (κ3) is 5.32. The van der Waals surface area contributed by atoms with E-state index in [9.17, 15) is 4.79 Å². The van der Waals surface area contributed by atoms with Crippen LogP contribution in [-0.2, 0) is 11.3 Å². The zero-order chi connectivity index (χ0) is 17.6. The molecule has 0 spiro atoms. The van der Waals surface area contributed by atoms with Gasteiger partial charge in [-0.05, 0) is 43.3 Å². The monoisotopic (exact) mass is 438 g/mol. The molecule has 25 heavy (non-hydrogen) atoms. The molecule has 130 valence electrons. The van der Waals surface area contributed by atoms with Crippen LogP contribution >= 0.6 is 39.0 Å². The number of halogens is 1. The first-order valence-corrected chi connectivity index (χ1v) is 9.92. The van der Waals surface area contributed by atoms with E-state index >= 15 is 0 Å². The van der Waals surface area contributed by atoms with Crippen molar-refractivity contribution in [3.63, 3.8) is 0 Å². The molecule has 1 atom stereocenters. The van der Waals surface area contributed by atoms with E-state index in [1.54, 1.807) is 6.26 Å². The maximum atomic E-state index is 12.3. The topological polar surface area (TPSA) is 80.1 Å². The number of thioether (sulfide) groups is 1. The molecule has 0 aliphatic rings.